The molecule has 0 bridgehead atoms. The molecule has 1 amide bonds. The summed E-state index contributed by atoms with van der Waals surface area (Å²) in [4.78, 5) is 19.3. The number of pyridine rings is 1. The highest BCUT2D eigenvalue weighted by molar-refractivity contribution is 9.10. The summed E-state index contributed by atoms with van der Waals surface area (Å²) < 4.78 is 12.1. The molecule has 1 aromatic carbocycles. The smallest absolute Gasteiger partial charge is 0.224 e. The van der Waals surface area contributed by atoms with Crippen molar-refractivity contribution in [3.63, 3.8) is 0 Å². The third-order valence-corrected chi connectivity index (χ3v) is 5.53. The van der Waals surface area contributed by atoms with E-state index in [9.17, 15) is 4.79 Å². The number of carbonyl (C=O) groups is 1. The zero-order chi connectivity index (χ0) is 20.6. The molecule has 2 heterocycles. The molecular weight excluding hydrogens is 434 g/mol. The number of amides is 1. The average Bonchev–Trinajstić information content (AvgIpc) is 3.25. The topological polar surface area (TPSA) is 63.7 Å². The van der Waals surface area contributed by atoms with Crippen LogP contribution in [-0.2, 0) is 17.8 Å². The Morgan fingerprint density at radius 2 is 1.83 bits per heavy atom. The molecule has 7 heteroatoms. The fraction of sp³-hybridized carbons (Fsp3) is 0.455. The molecule has 1 aliphatic heterocycles. The molecule has 0 saturated carbocycles. The van der Waals surface area contributed by atoms with Crippen LogP contribution in [0.5, 0.6) is 11.5 Å². The van der Waals surface area contributed by atoms with Crippen molar-refractivity contribution in [2.75, 3.05) is 31.2 Å². The predicted molar refractivity (Wildman–Crippen MR) is 118 cm³/mol. The Kier molecular flexibility index (Phi) is 7.75. The van der Waals surface area contributed by atoms with Crippen LogP contribution in [0.2, 0.25) is 0 Å². The maximum Gasteiger partial charge on any atom is 0.224 e. The van der Waals surface area contributed by atoms with Crippen molar-refractivity contribution in [2.24, 2.45) is 0 Å². The summed E-state index contributed by atoms with van der Waals surface area (Å²) in [7, 11) is 0. The number of benzene rings is 1. The third kappa shape index (κ3) is 5.85. The van der Waals surface area contributed by atoms with E-state index < -0.39 is 0 Å². The maximum absolute atomic E-state index is 12.5. The van der Waals surface area contributed by atoms with Crippen molar-refractivity contribution in [3.05, 3.63) is 46.1 Å². The highest BCUT2D eigenvalue weighted by Crippen LogP contribution is 2.34. The number of rotatable bonds is 9. The molecule has 1 aromatic heterocycles. The normalized spacial score (nSPS) is 13.4. The van der Waals surface area contributed by atoms with Gasteiger partial charge in [0.2, 0.25) is 5.91 Å². The number of hydrogen-bond acceptors (Lipinski definition) is 5. The van der Waals surface area contributed by atoms with Gasteiger partial charge in [0.1, 0.15) is 5.82 Å². The minimum absolute atomic E-state index is 0.0547. The first-order valence-electron chi connectivity index (χ1n) is 10.1. The fourth-order valence-electron chi connectivity index (χ4n) is 3.34. The van der Waals surface area contributed by atoms with Gasteiger partial charge in [-0.2, -0.15) is 0 Å². The van der Waals surface area contributed by atoms with Crippen LogP contribution in [0.25, 0.3) is 0 Å². The van der Waals surface area contributed by atoms with Crippen molar-refractivity contribution in [2.45, 2.75) is 39.7 Å². The van der Waals surface area contributed by atoms with E-state index in [1.807, 2.05) is 44.3 Å². The monoisotopic (exact) mass is 461 g/mol. The van der Waals surface area contributed by atoms with Crippen molar-refractivity contribution in [1.82, 2.24) is 10.3 Å². The number of halogens is 1. The molecule has 1 saturated heterocycles. The van der Waals surface area contributed by atoms with E-state index >= 15 is 0 Å². The lowest BCUT2D eigenvalue weighted by Gasteiger charge is -2.16. The molecule has 0 atom stereocenters. The summed E-state index contributed by atoms with van der Waals surface area (Å²) in [6, 6.07) is 7.79. The second kappa shape index (κ2) is 10.5. The standard InChI is InChI=1S/C22H28BrN3O3/c1-3-28-19-11-17(18(23)13-20(19)29-4-2)12-22(27)25-15-16-7-8-21(24-14-16)26-9-5-6-10-26/h7-8,11,13-14H,3-6,9-10,12,15H2,1-2H3,(H,25,27). The van der Waals surface area contributed by atoms with Crippen molar-refractivity contribution < 1.29 is 14.3 Å². The molecule has 156 valence electrons. The van der Waals surface area contributed by atoms with Crippen LogP contribution in [0.3, 0.4) is 0 Å². The molecule has 29 heavy (non-hydrogen) atoms. The highest BCUT2D eigenvalue weighted by atomic mass is 79.9. The molecule has 3 rings (SSSR count). The van der Waals surface area contributed by atoms with Gasteiger partial charge in [0.15, 0.2) is 11.5 Å². The first-order valence-corrected chi connectivity index (χ1v) is 10.9. The molecule has 1 N–H and O–H groups in total. The quantitative estimate of drug-likeness (QED) is 0.608. The van der Waals surface area contributed by atoms with Gasteiger partial charge < -0.3 is 19.7 Å². The Labute approximate surface area is 180 Å². The molecule has 0 spiro atoms. The van der Waals surface area contributed by atoms with E-state index in [0.29, 0.717) is 31.3 Å². The second-order valence-electron chi connectivity index (χ2n) is 6.93. The average molecular weight is 462 g/mol. The number of anilines is 1. The fourth-order valence-corrected chi connectivity index (χ4v) is 3.80. The minimum Gasteiger partial charge on any atom is -0.490 e. The minimum atomic E-state index is -0.0547. The summed E-state index contributed by atoms with van der Waals surface area (Å²) in [6.45, 7) is 7.54. The van der Waals surface area contributed by atoms with Crippen molar-refractivity contribution >= 4 is 27.7 Å². The number of nitrogens with one attached hydrogen (secondary N) is 1. The SMILES string of the molecule is CCOc1cc(Br)c(CC(=O)NCc2ccc(N3CCCC3)nc2)cc1OCC. The Balaban J connectivity index is 1.58. The lowest BCUT2D eigenvalue weighted by molar-refractivity contribution is -0.120. The zero-order valence-electron chi connectivity index (χ0n) is 17.0. The zero-order valence-corrected chi connectivity index (χ0v) is 18.6. The lowest BCUT2D eigenvalue weighted by Crippen LogP contribution is -2.25. The number of carbonyl (C=O) groups excluding carboxylic acids is 1. The molecule has 1 fully saturated rings. The Morgan fingerprint density at radius 3 is 2.45 bits per heavy atom. The molecule has 0 unspecified atom stereocenters. The first kappa shape index (κ1) is 21.4. The van der Waals surface area contributed by atoms with Gasteiger partial charge in [0.05, 0.1) is 19.6 Å². The second-order valence-corrected chi connectivity index (χ2v) is 7.78. The molecule has 0 radical (unpaired) electrons. The molecule has 2 aromatic rings. The summed E-state index contributed by atoms with van der Waals surface area (Å²) in [6.07, 6.45) is 4.55. The van der Waals surface area contributed by atoms with Crippen LogP contribution >= 0.6 is 15.9 Å². The molecule has 1 aliphatic rings. The van der Waals surface area contributed by atoms with E-state index in [1.165, 1.54) is 12.8 Å². The highest BCUT2D eigenvalue weighted by Gasteiger charge is 2.15. The van der Waals surface area contributed by atoms with Gasteiger partial charge in [-0.1, -0.05) is 22.0 Å². The number of hydrogen-bond donors (Lipinski definition) is 1. The Bertz CT molecular complexity index is 821. The molecule has 0 aliphatic carbocycles. The number of ether oxygens (including phenoxy) is 2. The van der Waals surface area contributed by atoms with Crippen LogP contribution in [-0.4, -0.2) is 37.2 Å². The number of nitrogens with zero attached hydrogens (tertiary/aromatic N) is 2. The van der Waals surface area contributed by atoms with Crippen LogP contribution in [0.15, 0.2) is 34.9 Å². The number of aromatic nitrogens is 1. The van der Waals surface area contributed by atoms with Crippen molar-refractivity contribution in [3.8, 4) is 11.5 Å². The van der Waals surface area contributed by atoms with E-state index in [1.54, 1.807) is 0 Å². The predicted octanol–water partition coefficient (Wildman–Crippen LogP) is 4.10. The van der Waals surface area contributed by atoms with Gasteiger partial charge in [0, 0.05) is 30.3 Å². The van der Waals surface area contributed by atoms with Crippen LogP contribution in [0.1, 0.15) is 37.8 Å². The Hall–Kier alpha value is -2.28. The van der Waals surface area contributed by atoms with E-state index in [4.69, 9.17) is 9.47 Å². The maximum atomic E-state index is 12.5. The molecule has 6 nitrogen and oxygen atoms in total. The summed E-state index contributed by atoms with van der Waals surface area (Å²) in [5, 5.41) is 2.97. The first-order chi connectivity index (χ1) is 14.1. The van der Waals surface area contributed by atoms with Crippen LogP contribution in [0, 0.1) is 0 Å². The van der Waals surface area contributed by atoms with E-state index in [0.717, 1.165) is 34.5 Å². The van der Waals surface area contributed by atoms with Gasteiger partial charge in [-0.05, 0) is 56.0 Å². The summed E-state index contributed by atoms with van der Waals surface area (Å²) in [5.41, 5.74) is 1.85. The van der Waals surface area contributed by atoms with Gasteiger partial charge in [0.25, 0.3) is 0 Å². The summed E-state index contributed by atoms with van der Waals surface area (Å²) >= 11 is 3.54. The summed E-state index contributed by atoms with van der Waals surface area (Å²) in [5.74, 6) is 2.29. The van der Waals surface area contributed by atoms with Crippen LogP contribution in [0.4, 0.5) is 5.82 Å². The van der Waals surface area contributed by atoms with Gasteiger partial charge in [-0.25, -0.2) is 4.98 Å². The van der Waals surface area contributed by atoms with Crippen LogP contribution < -0.4 is 19.7 Å². The van der Waals surface area contributed by atoms with Crippen molar-refractivity contribution in [1.29, 1.82) is 0 Å². The van der Waals surface area contributed by atoms with E-state index in [-0.39, 0.29) is 12.3 Å². The van der Waals surface area contributed by atoms with Gasteiger partial charge in [-0.3, -0.25) is 4.79 Å². The Morgan fingerprint density at radius 1 is 1.14 bits per heavy atom. The third-order valence-electron chi connectivity index (χ3n) is 4.79. The largest absolute Gasteiger partial charge is 0.490 e. The molecular formula is C22H28BrN3O3. The van der Waals surface area contributed by atoms with Gasteiger partial charge in [-0.15, -0.1) is 0 Å². The van der Waals surface area contributed by atoms with E-state index in [2.05, 4.69) is 31.1 Å². The van der Waals surface area contributed by atoms with Gasteiger partial charge >= 0.3 is 0 Å². The lowest BCUT2D eigenvalue weighted by atomic mass is 10.1.